The third kappa shape index (κ3) is 2.08. The average molecular weight is 244 g/mol. The number of fused-ring (bicyclic) bond motifs is 1. The molecule has 1 aromatic carbocycles. The highest BCUT2D eigenvalue weighted by atomic mass is 15.2. The Bertz CT molecular complexity index is 415. The Kier molecular flexibility index (Phi) is 3.40. The summed E-state index contributed by atoms with van der Waals surface area (Å²) in [4.78, 5) is 2.64. The van der Waals surface area contributed by atoms with Gasteiger partial charge in [-0.2, -0.15) is 0 Å². The molecule has 0 saturated carbocycles. The van der Waals surface area contributed by atoms with E-state index in [4.69, 9.17) is 5.73 Å². The average Bonchev–Trinajstić information content (AvgIpc) is 2.96. The zero-order valence-electron chi connectivity index (χ0n) is 11.3. The molecule has 1 aliphatic carbocycles. The summed E-state index contributed by atoms with van der Waals surface area (Å²) in [5.41, 5.74) is 9.29. The molecule has 2 aliphatic rings. The molecule has 2 heteroatoms. The Labute approximate surface area is 110 Å². The summed E-state index contributed by atoms with van der Waals surface area (Å²) in [5, 5.41) is 0. The molecule has 1 aliphatic heterocycles. The van der Waals surface area contributed by atoms with Crippen LogP contribution in [0, 0.1) is 5.92 Å². The van der Waals surface area contributed by atoms with E-state index in [0.717, 1.165) is 12.3 Å². The van der Waals surface area contributed by atoms with Crippen LogP contribution in [-0.2, 0) is 6.42 Å². The second-order valence-electron chi connectivity index (χ2n) is 5.93. The maximum Gasteiger partial charge on any atom is 0.0459 e. The number of hydrogen-bond acceptors (Lipinski definition) is 2. The van der Waals surface area contributed by atoms with Gasteiger partial charge in [-0.3, -0.25) is 4.90 Å². The van der Waals surface area contributed by atoms with Crippen molar-refractivity contribution in [2.75, 3.05) is 13.1 Å². The first-order chi connectivity index (χ1) is 8.79. The highest BCUT2D eigenvalue weighted by Crippen LogP contribution is 2.35. The summed E-state index contributed by atoms with van der Waals surface area (Å²) in [5.74, 6) is 0.908. The van der Waals surface area contributed by atoms with Gasteiger partial charge in [-0.25, -0.2) is 0 Å². The van der Waals surface area contributed by atoms with E-state index in [9.17, 15) is 0 Å². The fraction of sp³-hybridized carbons (Fsp3) is 0.625. The molecule has 3 atom stereocenters. The van der Waals surface area contributed by atoms with Crippen LogP contribution in [0.2, 0.25) is 0 Å². The summed E-state index contributed by atoms with van der Waals surface area (Å²) in [6, 6.07) is 9.47. The van der Waals surface area contributed by atoms with Gasteiger partial charge in [0.15, 0.2) is 0 Å². The number of hydrogen-bond donors (Lipinski definition) is 1. The lowest BCUT2D eigenvalue weighted by Crippen LogP contribution is -2.39. The molecule has 98 valence electrons. The fourth-order valence-corrected chi connectivity index (χ4v) is 3.77. The lowest BCUT2D eigenvalue weighted by Gasteiger charge is -2.27. The minimum Gasteiger partial charge on any atom is -0.323 e. The number of rotatable bonds is 3. The van der Waals surface area contributed by atoms with Crippen LogP contribution >= 0.6 is 0 Å². The van der Waals surface area contributed by atoms with Gasteiger partial charge in [-0.1, -0.05) is 37.6 Å². The Morgan fingerprint density at radius 2 is 2.17 bits per heavy atom. The molecule has 0 amide bonds. The molecular weight excluding hydrogens is 220 g/mol. The van der Waals surface area contributed by atoms with Crippen molar-refractivity contribution in [3.8, 4) is 0 Å². The van der Waals surface area contributed by atoms with Crippen molar-refractivity contribution >= 4 is 0 Å². The lowest BCUT2D eigenvalue weighted by atomic mass is 10.0. The summed E-state index contributed by atoms with van der Waals surface area (Å²) in [7, 11) is 0. The molecule has 3 rings (SSSR count). The molecule has 0 radical (unpaired) electrons. The maximum absolute atomic E-state index is 6.45. The van der Waals surface area contributed by atoms with E-state index in [-0.39, 0.29) is 6.04 Å². The fourth-order valence-electron chi connectivity index (χ4n) is 3.77. The Balaban J connectivity index is 1.70. The molecular formula is C16H24N2. The summed E-state index contributed by atoms with van der Waals surface area (Å²) >= 11 is 0. The summed E-state index contributed by atoms with van der Waals surface area (Å²) < 4.78 is 0. The zero-order chi connectivity index (χ0) is 12.5. The van der Waals surface area contributed by atoms with E-state index >= 15 is 0 Å². The number of nitrogens with two attached hydrogens (primary N) is 1. The molecule has 2 N–H and O–H groups in total. The Hall–Kier alpha value is -0.860. The predicted molar refractivity (Wildman–Crippen MR) is 75.5 cm³/mol. The van der Waals surface area contributed by atoms with Crippen LogP contribution in [0.25, 0.3) is 0 Å². The minimum atomic E-state index is 0.224. The quantitative estimate of drug-likeness (QED) is 0.886. The predicted octanol–water partition coefficient (Wildman–Crippen LogP) is 2.73. The third-order valence-electron chi connectivity index (χ3n) is 4.74. The molecule has 2 nitrogen and oxygen atoms in total. The Morgan fingerprint density at radius 3 is 2.94 bits per heavy atom. The standard InChI is InChI=1S/C16H24N2/c1-2-5-12-8-9-18(11-12)15-10-13-6-3-4-7-14(13)16(15)17/h3-4,6-7,12,15-16H,2,5,8-11,17H2,1H3. The van der Waals surface area contributed by atoms with Gasteiger partial charge in [0.25, 0.3) is 0 Å². The van der Waals surface area contributed by atoms with Gasteiger partial charge >= 0.3 is 0 Å². The maximum atomic E-state index is 6.45. The van der Waals surface area contributed by atoms with Crippen molar-refractivity contribution < 1.29 is 0 Å². The van der Waals surface area contributed by atoms with Crippen molar-refractivity contribution in [3.63, 3.8) is 0 Å². The highest BCUT2D eigenvalue weighted by Gasteiger charge is 2.36. The first-order valence-electron chi connectivity index (χ1n) is 7.37. The van der Waals surface area contributed by atoms with Crippen molar-refractivity contribution in [1.82, 2.24) is 4.90 Å². The van der Waals surface area contributed by atoms with E-state index < -0.39 is 0 Å². The smallest absolute Gasteiger partial charge is 0.0459 e. The summed E-state index contributed by atoms with van der Waals surface area (Å²) in [6.45, 7) is 4.80. The second-order valence-corrected chi connectivity index (χ2v) is 5.93. The van der Waals surface area contributed by atoms with Gasteiger partial charge < -0.3 is 5.73 Å². The van der Waals surface area contributed by atoms with Crippen LogP contribution in [0.5, 0.6) is 0 Å². The molecule has 0 spiro atoms. The van der Waals surface area contributed by atoms with Crippen molar-refractivity contribution in [2.45, 2.75) is 44.7 Å². The summed E-state index contributed by atoms with van der Waals surface area (Å²) in [6.07, 6.45) is 5.21. The van der Waals surface area contributed by atoms with Crippen LogP contribution in [0.3, 0.4) is 0 Å². The van der Waals surface area contributed by atoms with Gasteiger partial charge in [0.2, 0.25) is 0 Å². The normalized spacial score (nSPS) is 31.8. The van der Waals surface area contributed by atoms with Crippen molar-refractivity contribution in [3.05, 3.63) is 35.4 Å². The van der Waals surface area contributed by atoms with Gasteiger partial charge in [0.05, 0.1) is 0 Å². The highest BCUT2D eigenvalue weighted by molar-refractivity contribution is 5.37. The SMILES string of the molecule is CCCC1CCN(C2Cc3ccccc3C2N)C1. The number of likely N-dealkylation sites (tertiary alicyclic amines) is 1. The first-order valence-corrected chi connectivity index (χ1v) is 7.37. The van der Waals surface area contributed by atoms with Crippen LogP contribution in [0.1, 0.15) is 43.4 Å². The van der Waals surface area contributed by atoms with Gasteiger partial charge in [-0.15, -0.1) is 0 Å². The van der Waals surface area contributed by atoms with E-state index in [2.05, 4.69) is 36.1 Å². The van der Waals surface area contributed by atoms with E-state index in [0.29, 0.717) is 6.04 Å². The van der Waals surface area contributed by atoms with Crippen LogP contribution in [-0.4, -0.2) is 24.0 Å². The largest absolute Gasteiger partial charge is 0.323 e. The van der Waals surface area contributed by atoms with E-state index in [1.165, 1.54) is 43.5 Å². The third-order valence-corrected chi connectivity index (χ3v) is 4.74. The molecule has 0 bridgehead atoms. The van der Waals surface area contributed by atoms with E-state index in [1.807, 2.05) is 0 Å². The Morgan fingerprint density at radius 1 is 1.33 bits per heavy atom. The second kappa shape index (κ2) is 5.02. The van der Waals surface area contributed by atoms with Crippen LogP contribution in [0.15, 0.2) is 24.3 Å². The molecule has 3 unspecified atom stereocenters. The van der Waals surface area contributed by atoms with E-state index in [1.54, 1.807) is 0 Å². The molecule has 1 saturated heterocycles. The van der Waals surface area contributed by atoms with Crippen molar-refractivity contribution in [1.29, 1.82) is 0 Å². The molecule has 0 aromatic heterocycles. The molecule has 1 fully saturated rings. The van der Waals surface area contributed by atoms with Gasteiger partial charge in [0, 0.05) is 18.6 Å². The lowest BCUT2D eigenvalue weighted by molar-refractivity contribution is 0.213. The molecule has 1 aromatic rings. The monoisotopic (exact) mass is 244 g/mol. The zero-order valence-corrected chi connectivity index (χ0v) is 11.3. The van der Waals surface area contributed by atoms with Gasteiger partial charge in [-0.05, 0) is 42.9 Å². The van der Waals surface area contributed by atoms with Crippen LogP contribution in [0.4, 0.5) is 0 Å². The minimum absolute atomic E-state index is 0.224. The number of benzene rings is 1. The molecule has 18 heavy (non-hydrogen) atoms. The molecule has 1 heterocycles. The van der Waals surface area contributed by atoms with Crippen LogP contribution < -0.4 is 5.73 Å². The van der Waals surface area contributed by atoms with Crippen molar-refractivity contribution in [2.24, 2.45) is 11.7 Å². The first kappa shape index (κ1) is 12.2. The van der Waals surface area contributed by atoms with Gasteiger partial charge in [0.1, 0.15) is 0 Å². The topological polar surface area (TPSA) is 29.3 Å². The number of nitrogens with zero attached hydrogens (tertiary/aromatic N) is 1.